The maximum atomic E-state index is 0. The Morgan fingerprint density at radius 3 is 0.500 bits per heavy atom. The molecule has 4 heteroatoms. The summed E-state index contributed by atoms with van der Waals surface area (Å²) in [6.07, 6.45) is 0. The number of rotatable bonds is 0. The van der Waals surface area contributed by atoms with Crippen LogP contribution in [0.25, 0.3) is 0 Å². The van der Waals surface area contributed by atoms with E-state index in [-0.39, 0.29) is 44.1 Å². The molecule has 0 saturated heterocycles. The van der Waals surface area contributed by atoms with E-state index < -0.39 is 0 Å². The van der Waals surface area contributed by atoms with Gasteiger partial charge in [0.15, 0.2) is 0 Å². The molecule has 0 rings (SSSR count). The largest absolute Gasteiger partial charge is 0.269 e. The van der Waals surface area contributed by atoms with Crippen LogP contribution in [0.4, 0.5) is 14.1 Å². The molecular formula is H3F3Np. The summed E-state index contributed by atoms with van der Waals surface area (Å²) in [5, 5.41) is 0. The van der Waals surface area contributed by atoms with Gasteiger partial charge in [0, 0.05) is 29.9 Å². The molecule has 29 valence electrons. The van der Waals surface area contributed by atoms with Crippen molar-refractivity contribution in [3.8, 4) is 0 Å². The zero-order valence-electron chi connectivity index (χ0n) is 1.67. The molecule has 0 N–H and O–H groups in total. The van der Waals surface area contributed by atoms with Crippen molar-refractivity contribution in [3.05, 3.63) is 0 Å². The van der Waals surface area contributed by atoms with E-state index in [1.165, 1.54) is 0 Å². The predicted octanol–water partition coefficient (Wildman–Crippen LogP) is 0.458. The summed E-state index contributed by atoms with van der Waals surface area (Å²) >= 11 is 0. The van der Waals surface area contributed by atoms with Gasteiger partial charge in [0.2, 0.25) is 0 Å². The van der Waals surface area contributed by atoms with Crippen molar-refractivity contribution in [2.75, 3.05) is 0 Å². The SMILES string of the molecule is F.F.F.[Np]. The Labute approximate surface area is 44.3 Å². The molecule has 0 fully saturated rings. The topological polar surface area (TPSA) is 0 Å². The normalized spacial score (nSPS) is 0. The third-order valence-corrected chi connectivity index (χ3v) is 0. The molecule has 0 aromatic carbocycles. The van der Waals surface area contributed by atoms with E-state index in [0.717, 1.165) is 0 Å². The molecule has 0 aliphatic carbocycles. The monoisotopic (exact) mass is 296 g/mol. The van der Waals surface area contributed by atoms with Crippen LogP contribution in [0, 0.1) is 29.9 Å². The van der Waals surface area contributed by atoms with Gasteiger partial charge in [0.1, 0.15) is 0 Å². The molecule has 1 radical (unpaired) electrons. The molecule has 0 aromatic heterocycles. The summed E-state index contributed by atoms with van der Waals surface area (Å²) in [7, 11) is 0. The molecule has 0 unspecified atom stereocenters. The third-order valence-electron chi connectivity index (χ3n) is 0. The number of hydrogen-bond donors (Lipinski definition) is 0. The van der Waals surface area contributed by atoms with E-state index in [9.17, 15) is 0 Å². The Morgan fingerprint density at radius 2 is 0.500 bits per heavy atom. The minimum absolute atomic E-state index is 0. The van der Waals surface area contributed by atoms with Crippen molar-refractivity contribution in [2.45, 2.75) is 0 Å². The number of hydrogen-bond acceptors (Lipinski definition) is 0. The second-order valence-corrected chi connectivity index (χ2v) is 0. The standard InChI is InChI=1S/3FH.Np/h3*1H;. The third kappa shape index (κ3) is 14.1. The van der Waals surface area contributed by atoms with E-state index in [0.29, 0.717) is 0 Å². The van der Waals surface area contributed by atoms with E-state index in [4.69, 9.17) is 0 Å². The van der Waals surface area contributed by atoms with Crippen LogP contribution < -0.4 is 0 Å². The second-order valence-electron chi connectivity index (χ2n) is 0. The van der Waals surface area contributed by atoms with Gasteiger partial charge in [-0.15, -0.1) is 0 Å². The van der Waals surface area contributed by atoms with Crippen molar-refractivity contribution in [3.63, 3.8) is 0 Å². The van der Waals surface area contributed by atoms with E-state index in [1.54, 1.807) is 0 Å². The van der Waals surface area contributed by atoms with Gasteiger partial charge in [-0.25, -0.2) is 0 Å². The maximum Gasteiger partial charge on any atom is 0 e. The van der Waals surface area contributed by atoms with Gasteiger partial charge in [0.05, 0.1) is 0 Å². The van der Waals surface area contributed by atoms with Crippen molar-refractivity contribution in [1.29, 1.82) is 0 Å². The Kier molecular flexibility index (Phi) is 1250. The summed E-state index contributed by atoms with van der Waals surface area (Å²) in [6, 6.07) is 0. The predicted molar refractivity (Wildman–Crippen MR) is 7.51 cm³/mol. The summed E-state index contributed by atoms with van der Waals surface area (Å²) in [4.78, 5) is 0. The van der Waals surface area contributed by atoms with Gasteiger partial charge in [-0.3, -0.25) is 14.1 Å². The van der Waals surface area contributed by atoms with E-state index >= 15 is 0 Å². The molecule has 0 bridgehead atoms. The first-order chi connectivity index (χ1) is 0. The molecular weight excluding hydrogens is 294 g/mol. The quantitative estimate of drug-likeness (QED) is 0.609. The smallest absolute Gasteiger partial charge is 0 e. The first-order valence-electron chi connectivity index (χ1n) is 0. The van der Waals surface area contributed by atoms with E-state index in [1.807, 2.05) is 0 Å². The van der Waals surface area contributed by atoms with E-state index in [2.05, 4.69) is 0 Å². The summed E-state index contributed by atoms with van der Waals surface area (Å²) in [5.74, 6) is 0. The molecule has 0 aromatic rings. The summed E-state index contributed by atoms with van der Waals surface area (Å²) in [5.41, 5.74) is 0. The van der Waals surface area contributed by atoms with Gasteiger partial charge in [0.25, 0.3) is 0 Å². The molecule has 0 aliphatic rings. The molecule has 0 spiro atoms. The van der Waals surface area contributed by atoms with Crippen LogP contribution in [0.2, 0.25) is 0 Å². The van der Waals surface area contributed by atoms with Crippen molar-refractivity contribution >= 4 is 0 Å². The van der Waals surface area contributed by atoms with Gasteiger partial charge in [-0.2, -0.15) is 0 Å². The van der Waals surface area contributed by atoms with Crippen molar-refractivity contribution in [2.24, 2.45) is 0 Å². The summed E-state index contributed by atoms with van der Waals surface area (Å²) < 4.78 is 0. The van der Waals surface area contributed by atoms with Gasteiger partial charge in [-0.1, -0.05) is 0 Å². The van der Waals surface area contributed by atoms with Crippen molar-refractivity contribution < 1.29 is 44.1 Å². The molecule has 0 amide bonds. The first kappa shape index (κ1) is 108. The van der Waals surface area contributed by atoms with Crippen molar-refractivity contribution in [1.82, 2.24) is 0 Å². The number of halogens is 3. The van der Waals surface area contributed by atoms with Crippen LogP contribution in [0.1, 0.15) is 0 Å². The van der Waals surface area contributed by atoms with Gasteiger partial charge in [-0.05, 0) is 0 Å². The van der Waals surface area contributed by atoms with Crippen LogP contribution in [0.15, 0.2) is 0 Å². The fraction of sp³-hybridized carbons (Fsp3) is 0. The fourth-order valence-electron chi connectivity index (χ4n) is 0. The van der Waals surface area contributed by atoms with Crippen LogP contribution in [0.5, 0.6) is 0 Å². The molecule has 0 saturated carbocycles. The Bertz CT molecular complexity index is 3.25. The zero-order chi connectivity index (χ0) is 0. The fourth-order valence-corrected chi connectivity index (χ4v) is 0. The Morgan fingerprint density at radius 1 is 0.500 bits per heavy atom. The molecule has 4 heavy (non-hydrogen) atoms. The maximum absolute atomic E-state index is 0. The molecule has 0 aliphatic heterocycles. The minimum Gasteiger partial charge on any atom is -0.269 e. The van der Waals surface area contributed by atoms with Crippen LogP contribution in [-0.2, 0) is 0 Å². The average molecular weight is 297 g/mol. The van der Waals surface area contributed by atoms with Gasteiger partial charge < -0.3 is 0 Å². The van der Waals surface area contributed by atoms with Gasteiger partial charge >= 0.3 is 0 Å². The average Bonchev–Trinajstić information content (AvgIpc) is 0. The first-order valence-corrected chi connectivity index (χ1v) is 0. The Hall–Kier alpha value is 0.803. The molecule has 0 nitrogen and oxygen atoms in total. The molecule has 0 heterocycles. The Balaban J connectivity index is 0. The molecule has 0 atom stereocenters. The van der Waals surface area contributed by atoms with Crippen LogP contribution >= 0.6 is 0 Å². The second kappa shape index (κ2) is 46.3. The minimum atomic E-state index is 0. The summed E-state index contributed by atoms with van der Waals surface area (Å²) in [6.45, 7) is 0. The van der Waals surface area contributed by atoms with Crippen LogP contribution in [-0.4, -0.2) is 0 Å². The van der Waals surface area contributed by atoms with Crippen LogP contribution in [0.3, 0.4) is 0 Å². The zero-order valence-corrected chi connectivity index (χ0v) is 5.40.